The van der Waals surface area contributed by atoms with Crippen LogP contribution < -0.4 is 0 Å². The van der Waals surface area contributed by atoms with Crippen molar-refractivity contribution in [1.82, 2.24) is 9.80 Å². The van der Waals surface area contributed by atoms with Gasteiger partial charge in [0.05, 0.1) is 0 Å². The van der Waals surface area contributed by atoms with E-state index in [0.717, 1.165) is 6.54 Å². The summed E-state index contributed by atoms with van der Waals surface area (Å²) in [6.07, 6.45) is 1.28. The second-order valence-electron chi connectivity index (χ2n) is 3.05. The largest absolute Gasteiger partial charge is 0.309 e. The fraction of sp³-hybridized carbons (Fsp3) is 1.00. The van der Waals surface area contributed by atoms with E-state index in [1.165, 1.54) is 19.5 Å². The lowest BCUT2D eigenvalue weighted by molar-refractivity contribution is 0.312. The number of hydrogen-bond donors (Lipinski definition) is 0. The number of hydrogen-bond acceptors (Lipinski definition) is 2. The molecule has 0 saturated carbocycles. The van der Waals surface area contributed by atoms with Crippen LogP contribution in [0, 0.1) is 0 Å². The van der Waals surface area contributed by atoms with Crippen molar-refractivity contribution in [2.45, 2.75) is 13.3 Å². The fourth-order valence-electron chi connectivity index (χ4n) is 0.815. The van der Waals surface area contributed by atoms with Crippen molar-refractivity contribution in [1.29, 1.82) is 0 Å². The Morgan fingerprint density at radius 2 is 1.60 bits per heavy atom. The highest BCUT2D eigenvalue weighted by Crippen LogP contribution is 1.87. The van der Waals surface area contributed by atoms with Crippen molar-refractivity contribution in [3.05, 3.63) is 0 Å². The molecule has 0 radical (unpaired) electrons. The molecule has 0 unspecified atom stereocenters. The predicted molar refractivity (Wildman–Crippen MR) is 46.3 cm³/mol. The molecule has 0 bridgehead atoms. The van der Waals surface area contributed by atoms with E-state index in [0.29, 0.717) is 0 Å². The summed E-state index contributed by atoms with van der Waals surface area (Å²) < 4.78 is 0. The third kappa shape index (κ3) is 6.05. The molecule has 0 rings (SSSR count). The summed E-state index contributed by atoms with van der Waals surface area (Å²) in [7, 11) is 6.40. The maximum atomic E-state index is 2.34. The molecule has 2 nitrogen and oxygen atoms in total. The molecule has 0 aromatic heterocycles. The number of nitrogens with zero attached hydrogens (tertiary/aromatic N) is 2. The molecule has 0 aliphatic heterocycles. The molecule has 2 heteroatoms. The molecule has 0 fully saturated rings. The smallest absolute Gasteiger partial charge is 0.000972 e. The molecule has 0 aliphatic carbocycles. The summed E-state index contributed by atoms with van der Waals surface area (Å²) in [5, 5.41) is 0. The Kier molecular flexibility index (Phi) is 5.64. The van der Waals surface area contributed by atoms with Crippen LogP contribution >= 0.6 is 0 Å². The maximum Gasteiger partial charge on any atom is -0.000972 e. The highest BCUT2D eigenvalue weighted by molar-refractivity contribution is 4.50. The molecule has 0 atom stereocenters. The zero-order valence-corrected chi connectivity index (χ0v) is 7.72. The van der Waals surface area contributed by atoms with E-state index in [9.17, 15) is 0 Å². The molecule has 0 aromatic carbocycles. The third-order valence-corrected chi connectivity index (χ3v) is 1.68. The zero-order valence-electron chi connectivity index (χ0n) is 7.72. The van der Waals surface area contributed by atoms with Crippen molar-refractivity contribution >= 4 is 0 Å². The van der Waals surface area contributed by atoms with Gasteiger partial charge in [-0.3, -0.25) is 0 Å². The third-order valence-electron chi connectivity index (χ3n) is 1.68. The summed E-state index contributed by atoms with van der Waals surface area (Å²) in [5.41, 5.74) is 0. The second kappa shape index (κ2) is 5.69. The molecule has 0 amide bonds. The minimum absolute atomic E-state index is 1.16. The molecular weight excluding hydrogens is 124 g/mol. The van der Waals surface area contributed by atoms with Gasteiger partial charge in [-0.05, 0) is 47.2 Å². The van der Waals surface area contributed by atoms with E-state index in [4.69, 9.17) is 0 Å². The summed E-state index contributed by atoms with van der Waals surface area (Å²) >= 11 is 0. The van der Waals surface area contributed by atoms with Gasteiger partial charge >= 0.3 is 0 Å². The first-order valence-electron chi connectivity index (χ1n) is 4.00. The summed E-state index contributed by atoms with van der Waals surface area (Å²) in [5.74, 6) is 0. The van der Waals surface area contributed by atoms with Crippen LogP contribution in [0.2, 0.25) is 0 Å². The monoisotopic (exact) mass is 144 g/mol. The lowest BCUT2D eigenvalue weighted by Gasteiger charge is -2.15. The lowest BCUT2D eigenvalue weighted by atomic mass is 10.4. The highest BCUT2D eigenvalue weighted by Gasteiger charge is 1.94. The van der Waals surface area contributed by atoms with E-state index in [1.807, 2.05) is 0 Å². The van der Waals surface area contributed by atoms with Crippen LogP contribution in [0.15, 0.2) is 0 Å². The van der Waals surface area contributed by atoms with Crippen LogP contribution in [0.5, 0.6) is 0 Å². The normalized spacial score (nSPS) is 11.4. The molecule has 0 spiro atoms. The predicted octanol–water partition coefficient (Wildman–Crippen LogP) is 0.890. The molecule has 10 heavy (non-hydrogen) atoms. The Balaban J connectivity index is 3.03. The molecule has 0 aliphatic rings. The van der Waals surface area contributed by atoms with E-state index >= 15 is 0 Å². The Bertz CT molecular complexity index is 71.7. The van der Waals surface area contributed by atoms with Crippen LogP contribution in [0.4, 0.5) is 0 Å². The number of rotatable bonds is 5. The lowest BCUT2D eigenvalue weighted by Crippen LogP contribution is -2.23. The fourth-order valence-corrected chi connectivity index (χ4v) is 0.815. The van der Waals surface area contributed by atoms with Gasteiger partial charge in [-0.2, -0.15) is 0 Å². The Morgan fingerprint density at radius 1 is 1.00 bits per heavy atom. The SMILES string of the molecule is CCN(C)CCCN(C)C. The van der Waals surface area contributed by atoms with Crippen molar-refractivity contribution in [3.63, 3.8) is 0 Å². The van der Waals surface area contributed by atoms with Crippen molar-refractivity contribution < 1.29 is 0 Å². The van der Waals surface area contributed by atoms with Crippen LogP contribution in [-0.2, 0) is 0 Å². The van der Waals surface area contributed by atoms with Crippen LogP contribution in [0.3, 0.4) is 0 Å². The first-order valence-corrected chi connectivity index (χ1v) is 4.00. The topological polar surface area (TPSA) is 6.48 Å². The van der Waals surface area contributed by atoms with Gasteiger partial charge in [0.2, 0.25) is 0 Å². The molecule has 0 aromatic rings. The Labute approximate surface area is 64.8 Å². The molecule has 0 saturated heterocycles. The summed E-state index contributed by atoms with van der Waals surface area (Å²) in [6, 6.07) is 0. The molecule has 0 heterocycles. The van der Waals surface area contributed by atoms with Gasteiger partial charge in [0, 0.05) is 0 Å². The first-order chi connectivity index (χ1) is 4.66. The summed E-state index contributed by atoms with van der Waals surface area (Å²) in [4.78, 5) is 4.56. The average molecular weight is 144 g/mol. The van der Waals surface area contributed by atoms with Gasteiger partial charge in [-0.1, -0.05) is 6.92 Å². The Morgan fingerprint density at radius 3 is 2.00 bits per heavy atom. The van der Waals surface area contributed by atoms with E-state index in [1.54, 1.807) is 0 Å². The minimum atomic E-state index is 1.16. The van der Waals surface area contributed by atoms with E-state index in [-0.39, 0.29) is 0 Å². The standard InChI is InChI=1S/C8H20N2/c1-5-10(4)8-6-7-9(2)3/h5-8H2,1-4H3. The summed E-state index contributed by atoms with van der Waals surface area (Å²) in [6.45, 7) is 5.77. The maximum absolute atomic E-state index is 2.34. The van der Waals surface area contributed by atoms with Crippen molar-refractivity contribution in [2.75, 3.05) is 40.8 Å². The first kappa shape index (κ1) is 9.92. The molecule has 62 valence electrons. The average Bonchev–Trinajstić information content (AvgIpc) is 1.87. The van der Waals surface area contributed by atoms with E-state index < -0.39 is 0 Å². The van der Waals surface area contributed by atoms with Crippen molar-refractivity contribution in [2.24, 2.45) is 0 Å². The second-order valence-corrected chi connectivity index (χ2v) is 3.05. The van der Waals surface area contributed by atoms with Gasteiger partial charge in [-0.15, -0.1) is 0 Å². The Hall–Kier alpha value is -0.0800. The van der Waals surface area contributed by atoms with Gasteiger partial charge < -0.3 is 9.80 Å². The van der Waals surface area contributed by atoms with Crippen molar-refractivity contribution in [3.8, 4) is 0 Å². The van der Waals surface area contributed by atoms with Crippen LogP contribution in [0.1, 0.15) is 13.3 Å². The van der Waals surface area contributed by atoms with Crippen LogP contribution in [-0.4, -0.2) is 50.6 Å². The molecule has 0 N–H and O–H groups in total. The van der Waals surface area contributed by atoms with E-state index in [2.05, 4.69) is 37.9 Å². The van der Waals surface area contributed by atoms with Gasteiger partial charge in [0.15, 0.2) is 0 Å². The quantitative estimate of drug-likeness (QED) is 0.565. The zero-order chi connectivity index (χ0) is 7.98. The molecular formula is C8H20N2. The van der Waals surface area contributed by atoms with Gasteiger partial charge in [-0.25, -0.2) is 0 Å². The minimum Gasteiger partial charge on any atom is -0.309 e. The highest BCUT2D eigenvalue weighted by atomic mass is 15.1. The van der Waals surface area contributed by atoms with Gasteiger partial charge in [0.25, 0.3) is 0 Å². The van der Waals surface area contributed by atoms with Crippen LogP contribution in [0.25, 0.3) is 0 Å². The van der Waals surface area contributed by atoms with Gasteiger partial charge in [0.1, 0.15) is 0 Å².